The first-order valence-corrected chi connectivity index (χ1v) is 11.4. The summed E-state index contributed by atoms with van der Waals surface area (Å²) < 4.78 is 4.83. The summed E-state index contributed by atoms with van der Waals surface area (Å²) in [5.74, 6) is 1.18. The van der Waals surface area contributed by atoms with Crippen molar-refractivity contribution in [3.63, 3.8) is 0 Å². The molecule has 0 radical (unpaired) electrons. The Balaban J connectivity index is 0.000000674. The minimum Gasteiger partial charge on any atom is -0.373 e. The lowest BCUT2D eigenvalue weighted by Gasteiger charge is -2.30. The molecule has 0 amide bonds. The number of hydrogen-bond donors (Lipinski definition) is 1. The van der Waals surface area contributed by atoms with Gasteiger partial charge in [0, 0.05) is 21.9 Å². The van der Waals surface area contributed by atoms with E-state index in [9.17, 15) is 0 Å². The van der Waals surface area contributed by atoms with Gasteiger partial charge in [0.2, 0.25) is 0 Å². The summed E-state index contributed by atoms with van der Waals surface area (Å²) in [5.41, 5.74) is 3.08. The van der Waals surface area contributed by atoms with Crippen molar-refractivity contribution >= 4 is 0 Å². The number of nitrogens with one attached hydrogen (secondary N) is 1. The van der Waals surface area contributed by atoms with Crippen LogP contribution in [0.5, 0.6) is 0 Å². The van der Waals surface area contributed by atoms with E-state index in [0.717, 1.165) is 13.2 Å². The number of imidazole rings is 1. The summed E-state index contributed by atoms with van der Waals surface area (Å²) in [6, 6.07) is 0. The second-order valence-corrected chi connectivity index (χ2v) is 10.2. The summed E-state index contributed by atoms with van der Waals surface area (Å²) in [4.78, 5) is 8.97. The Morgan fingerprint density at radius 3 is 1.68 bits per heavy atom. The summed E-state index contributed by atoms with van der Waals surface area (Å²) in [5, 5.41) is 0. The van der Waals surface area contributed by atoms with Crippen LogP contribution in [0.4, 0.5) is 0 Å². The van der Waals surface area contributed by atoms with Gasteiger partial charge in [-0.05, 0) is 19.3 Å². The molecule has 1 aliphatic rings. The average Bonchev–Trinajstić information content (AvgIpc) is 3.28. The van der Waals surface area contributed by atoms with Crippen molar-refractivity contribution in [3.05, 3.63) is 29.4 Å². The van der Waals surface area contributed by atoms with Crippen molar-refractivity contribution in [2.45, 2.75) is 117 Å². The van der Waals surface area contributed by atoms with Gasteiger partial charge in [0.05, 0.1) is 18.9 Å². The van der Waals surface area contributed by atoms with Crippen LogP contribution in [0.25, 0.3) is 0 Å². The van der Waals surface area contributed by atoms with E-state index in [4.69, 9.17) is 9.72 Å². The van der Waals surface area contributed by atoms with Crippen LogP contribution >= 0.6 is 0 Å². The molecule has 3 heteroatoms. The number of H-pyrrole nitrogens is 1. The van der Waals surface area contributed by atoms with Crippen LogP contribution < -0.4 is 0 Å². The zero-order valence-corrected chi connectivity index (χ0v) is 20.2. The lowest BCUT2D eigenvalue weighted by atomic mass is 9.76. The van der Waals surface area contributed by atoms with Crippen molar-refractivity contribution in [1.29, 1.82) is 0 Å². The zero-order valence-electron chi connectivity index (χ0n) is 20.2. The van der Waals surface area contributed by atoms with Crippen LogP contribution in [0.1, 0.15) is 118 Å². The minimum atomic E-state index is 0.117. The molecule has 0 spiro atoms. The predicted octanol–water partition coefficient (Wildman–Crippen LogP) is 7.22. The molecule has 1 aromatic heterocycles. The molecule has 1 aromatic rings. The molecule has 0 bridgehead atoms. The molecule has 28 heavy (non-hydrogen) atoms. The van der Waals surface area contributed by atoms with Crippen molar-refractivity contribution in [1.82, 2.24) is 9.97 Å². The van der Waals surface area contributed by atoms with Gasteiger partial charge in [0.15, 0.2) is 0 Å². The highest BCUT2D eigenvalue weighted by molar-refractivity contribution is 5.31. The van der Waals surface area contributed by atoms with Crippen molar-refractivity contribution in [3.8, 4) is 0 Å². The fourth-order valence-electron chi connectivity index (χ4n) is 4.25. The van der Waals surface area contributed by atoms with Gasteiger partial charge in [-0.15, -0.1) is 0 Å². The fourth-order valence-corrected chi connectivity index (χ4v) is 4.25. The van der Waals surface area contributed by atoms with E-state index in [2.05, 4.69) is 67.3 Å². The van der Waals surface area contributed by atoms with Crippen LogP contribution in [0.2, 0.25) is 0 Å². The highest BCUT2D eigenvalue weighted by Gasteiger charge is 2.36. The Kier molecular flexibility index (Phi) is 9.46. The predicted molar refractivity (Wildman–Crippen MR) is 122 cm³/mol. The Hall–Kier alpha value is -1.09. The monoisotopic (exact) mass is 390 g/mol. The van der Waals surface area contributed by atoms with E-state index >= 15 is 0 Å². The Morgan fingerprint density at radius 1 is 0.786 bits per heavy atom. The van der Waals surface area contributed by atoms with Gasteiger partial charge in [-0.2, -0.15) is 0 Å². The van der Waals surface area contributed by atoms with Crippen LogP contribution in [-0.4, -0.2) is 23.2 Å². The number of hydrogen-bond acceptors (Lipinski definition) is 2. The molecule has 0 fully saturated rings. The first kappa shape index (κ1) is 24.9. The zero-order chi connectivity index (χ0) is 21.4. The van der Waals surface area contributed by atoms with Crippen molar-refractivity contribution in [2.75, 3.05) is 13.2 Å². The molecule has 0 saturated carbocycles. The van der Waals surface area contributed by atoms with Gasteiger partial charge >= 0.3 is 0 Å². The standard InChI is InChI=1S/C21H40N2.C4H6O/c1-10-13-19(4,5)16-17(20(6,7)14-11-2)23-18(22-16)21(8,9)15-12-3;1-2-4-5-3-1/h10-15H2,1-9H3,(H,22,23);1-2H,3-4H2. The van der Waals surface area contributed by atoms with E-state index in [1.165, 1.54) is 55.7 Å². The van der Waals surface area contributed by atoms with E-state index in [1.807, 2.05) is 12.2 Å². The van der Waals surface area contributed by atoms with E-state index in [1.54, 1.807) is 0 Å². The number of rotatable bonds is 9. The molecule has 0 saturated heterocycles. The first-order valence-electron chi connectivity index (χ1n) is 11.4. The molecule has 0 atom stereocenters. The third kappa shape index (κ3) is 6.76. The topological polar surface area (TPSA) is 37.9 Å². The maximum atomic E-state index is 5.18. The first-order chi connectivity index (χ1) is 13.0. The Morgan fingerprint density at radius 2 is 1.25 bits per heavy atom. The lowest BCUT2D eigenvalue weighted by Crippen LogP contribution is -2.26. The van der Waals surface area contributed by atoms with Crippen molar-refractivity contribution < 1.29 is 4.74 Å². The molecule has 1 aliphatic heterocycles. The smallest absolute Gasteiger partial charge is 0.112 e. The third-order valence-electron chi connectivity index (χ3n) is 5.88. The normalized spacial score (nSPS) is 14.9. The van der Waals surface area contributed by atoms with Gasteiger partial charge in [-0.1, -0.05) is 93.7 Å². The molecular weight excluding hydrogens is 344 g/mol. The second kappa shape index (κ2) is 10.6. The van der Waals surface area contributed by atoms with Gasteiger partial charge in [-0.3, -0.25) is 0 Å². The highest BCUT2D eigenvalue weighted by atomic mass is 16.5. The minimum absolute atomic E-state index is 0.117. The molecule has 2 rings (SSSR count). The van der Waals surface area contributed by atoms with Crippen LogP contribution in [-0.2, 0) is 21.0 Å². The van der Waals surface area contributed by atoms with E-state index in [-0.39, 0.29) is 16.2 Å². The molecule has 1 N–H and O–H groups in total. The molecule has 2 heterocycles. The lowest BCUT2D eigenvalue weighted by molar-refractivity contribution is 0.213. The summed E-state index contributed by atoms with van der Waals surface area (Å²) in [6.45, 7) is 22.5. The largest absolute Gasteiger partial charge is 0.373 e. The van der Waals surface area contributed by atoms with Crippen LogP contribution in [0, 0.1) is 0 Å². The Bertz CT molecular complexity index is 567. The van der Waals surface area contributed by atoms with Crippen molar-refractivity contribution in [2.24, 2.45) is 0 Å². The summed E-state index contributed by atoms with van der Waals surface area (Å²) >= 11 is 0. The number of aromatic amines is 1. The van der Waals surface area contributed by atoms with Gasteiger partial charge in [-0.25, -0.2) is 4.98 Å². The van der Waals surface area contributed by atoms with Gasteiger partial charge in [0.1, 0.15) is 5.82 Å². The van der Waals surface area contributed by atoms with E-state index < -0.39 is 0 Å². The van der Waals surface area contributed by atoms with Crippen LogP contribution in [0.3, 0.4) is 0 Å². The molecular formula is C25H46N2O. The SMILES string of the molecule is C1=CCOC1.CCCC(C)(C)c1nc(C(C)(C)CCC)c(C(C)(C)CCC)[nH]1. The number of aromatic nitrogens is 2. The van der Waals surface area contributed by atoms with Gasteiger partial charge in [0.25, 0.3) is 0 Å². The average molecular weight is 391 g/mol. The number of ether oxygens (including phenoxy) is 1. The molecule has 3 nitrogen and oxygen atoms in total. The molecule has 0 aromatic carbocycles. The van der Waals surface area contributed by atoms with Crippen LogP contribution in [0.15, 0.2) is 12.2 Å². The summed E-state index contributed by atoms with van der Waals surface area (Å²) in [6.07, 6.45) is 11.2. The quantitative estimate of drug-likeness (QED) is 0.452. The van der Waals surface area contributed by atoms with Gasteiger partial charge < -0.3 is 9.72 Å². The Labute approximate surface area is 174 Å². The summed E-state index contributed by atoms with van der Waals surface area (Å²) in [7, 11) is 0. The fraction of sp³-hybridized carbons (Fsp3) is 0.800. The third-order valence-corrected chi connectivity index (χ3v) is 5.88. The van der Waals surface area contributed by atoms with E-state index in [0.29, 0.717) is 0 Å². The highest BCUT2D eigenvalue weighted by Crippen LogP contribution is 2.39. The molecule has 0 aliphatic carbocycles. The maximum Gasteiger partial charge on any atom is 0.112 e. The second-order valence-electron chi connectivity index (χ2n) is 10.2. The number of nitrogens with zero attached hydrogens (tertiary/aromatic N) is 1. The molecule has 0 unspecified atom stereocenters. The molecule has 162 valence electrons. The maximum absolute atomic E-state index is 5.18.